The zero-order chi connectivity index (χ0) is 28.8. The van der Waals surface area contributed by atoms with Crippen LogP contribution in [0.25, 0.3) is 0 Å². The van der Waals surface area contributed by atoms with Gasteiger partial charge in [-0.1, -0.05) is 61.9 Å². The van der Waals surface area contributed by atoms with Gasteiger partial charge in [0.05, 0.1) is 19.6 Å². The van der Waals surface area contributed by atoms with E-state index in [-0.39, 0.29) is 38.3 Å². The SMILES string of the molecule is C[C@H](NP1(=O)OCC(C)(C)[C@H](C(=O)NCCC(=O)OC2CC3=C(CCC=C3)C2)O1)C(=O)OCCc1ccccc1. The van der Waals surface area contributed by atoms with Gasteiger partial charge in [0.15, 0.2) is 6.10 Å². The molecule has 1 amide bonds. The lowest BCUT2D eigenvalue weighted by molar-refractivity contribution is -0.148. The number of esters is 2. The lowest BCUT2D eigenvalue weighted by Crippen LogP contribution is -2.51. The molecule has 1 aromatic rings. The van der Waals surface area contributed by atoms with Crippen LogP contribution in [0.1, 0.15) is 58.4 Å². The molecule has 0 saturated carbocycles. The zero-order valence-electron chi connectivity index (χ0n) is 23.4. The predicted molar refractivity (Wildman–Crippen MR) is 148 cm³/mol. The van der Waals surface area contributed by atoms with Crippen LogP contribution >= 0.6 is 7.75 Å². The lowest BCUT2D eigenvalue weighted by atomic mass is 9.87. The first kappa shape index (κ1) is 30.2. The number of hydrogen-bond acceptors (Lipinski definition) is 8. The molecule has 0 spiro atoms. The summed E-state index contributed by atoms with van der Waals surface area (Å²) in [5.74, 6) is -1.52. The zero-order valence-corrected chi connectivity index (χ0v) is 24.2. The van der Waals surface area contributed by atoms with Crippen LogP contribution in [0.15, 0.2) is 53.6 Å². The van der Waals surface area contributed by atoms with E-state index in [0.717, 1.165) is 31.2 Å². The van der Waals surface area contributed by atoms with Crippen molar-refractivity contribution in [3.05, 3.63) is 59.2 Å². The van der Waals surface area contributed by atoms with Crippen molar-refractivity contribution in [2.75, 3.05) is 19.8 Å². The highest BCUT2D eigenvalue weighted by atomic mass is 31.2. The van der Waals surface area contributed by atoms with Crippen molar-refractivity contribution in [2.45, 2.75) is 77.5 Å². The minimum Gasteiger partial charge on any atom is -0.464 e. The summed E-state index contributed by atoms with van der Waals surface area (Å²) in [4.78, 5) is 37.8. The predicted octanol–water partition coefficient (Wildman–Crippen LogP) is 4.16. The number of carbonyl (C=O) groups excluding carboxylic acids is 3. The first-order valence-corrected chi connectivity index (χ1v) is 15.3. The average molecular weight is 575 g/mol. The number of allylic oxidation sites excluding steroid dienone is 2. The van der Waals surface area contributed by atoms with Gasteiger partial charge in [-0.25, -0.2) is 9.65 Å². The fourth-order valence-electron chi connectivity index (χ4n) is 4.95. The molecule has 40 heavy (non-hydrogen) atoms. The van der Waals surface area contributed by atoms with E-state index in [9.17, 15) is 18.9 Å². The molecule has 1 aliphatic heterocycles. The monoisotopic (exact) mass is 574 g/mol. The van der Waals surface area contributed by atoms with Crippen molar-refractivity contribution < 1.29 is 37.5 Å². The summed E-state index contributed by atoms with van der Waals surface area (Å²) in [7, 11) is -4.00. The third kappa shape index (κ3) is 8.13. The number of hydrogen-bond donors (Lipinski definition) is 2. The molecular formula is C29H39N2O8P. The quantitative estimate of drug-likeness (QED) is 0.296. The van der Waals surface area contributed by atoms with Crippen molar-refractivity contribution in [1.82, 2.24) is 10.4 Å². The number of benzene rings is 1. The molecule has 0 bridgehead atoms. The molecular weight excluding hydrogens is 535 g/mol. The molecule has 1 saturated heterocycles. The van der Waals surface area contributed by atoms with Gasteiger partial charge in [-0.05, 0) is 30.9 Å². The first-order chi connectivity index (χ1) is 19.0. The smallest absolute Gasteiger partial charge is 0.407 e. The minimum absolute atomic E-state index is 0.00810. The van der Waals surface area contributed by atoms with E-state index in [0.29, 0.717) is 6.42 Å². The van der Waals surface area contributed by atoms with Crippen LogP contribution in [-0.4, -0.2) is 55.9 Å². The molecule has 4 atom stereocenters. The van der Waals surface area contributed by atoms with E-state index < -0.39 is 37.2 Å². The van der Waals surface area contributed by atoms with E-state index in [2.05, 4.69) is 22.6 Å². The first-order valence-electron chi connectivity index (χ1n) is 13.8. The molecule has 2 aliphatic carbocycles. The number of carbonyl (C=O) groups is 3. The Morgan fingerprint density at radius 3 is 2.70 bits per heavy atom. The van der Waals surface area contributed by atoms with Gasteiger partial charge in [0, 0.05) is 31.2 Å². The second-order valence-electron chi connectivity index (χ2n) is 11.1. The summed E-state index contributed by atoms with van der Waals surface area (Å²) in [6.45, 7) is 5.17. The van der Waals surface area contributed by atoms with Gasteiger partial charge in [-0.2, -0.15) is 0 Å². The lowest BCUT2D eigenvalue weighted by Gasteiger charge is -2.40. The van der Waals surface area contributed by atoms with E-state index in [1.165, 1.54) is 18.1 Å². The Bertz CT molecular complexity index is 1200. The Morgan fingerprint density at radius 1 is 1.18 bits per heavy atom. The van der Waals surface area contributed by atoms with Crippen molar-refractivity contribution in [2.24, 2.45) is 5.41 Å². The summed E-state index contributed by atoms with van der Waals surface area (Å²) in [5.41, 5.74) is 2.85. The highest BCUT2D eigenvalue weighted by molar-refractivity contribution is 7.51. The average Bonchev–Trinajstić information content (AvgIpc) is 3.33. The van der Waals surface area contributed by atoms with Crippen LogP contribution in [-0.2, 0) is 43.9 Å². The fraction of sp³-hybridized carbons (Fsp3) is 0.552. The van der Waals surface area contributed by atoms with Gasteiger partial charge in [-0.3, -0.25) is 23.4 Å². The summed E-state index contributed by atoms with van der Waals surface area (Å²) >= 11 is 0. The largest absolute Gasteiger partial charge is 0.464 e. The van der Waals surface area contributed by atoms with Crippen LogP contribution in [0.3, 0.4) is 0 Å². The summed E-state index contributed by atoms with van der Waals surface area (Å²) in [5, 5.41) is 5.26. The summed E-state index contributed by atoms with van der Waals surface area (Å²) < 4.78 is 35.3. The maximum absolute atomic E-state index is 13.3. The highest BCUT2D eigenvalue weighted by Crippen LogP contribution is 2.53. The molecule has 0 aromatic heterocycles. The molecule has 2 N–H and O–H groups in total. The molecule has 218 valence electrons. The van der Waals surface area contributed by atoms with Crippen LogP contribution in [0, 0.1) is 5.41 Å². The van der Waals surface area contributed by atoms with E-state index >= 15 is 0 Å². The Morgan fingerprint density at radius 2 is 1.95 bits per heavy atom. The molecule has 10 nitrogen and oxygen atoms in total. The van der Waals surface area contributed by atoms with Gasteiger partial charge in [0.1, 0.15) is 12.1 Å². The van der Waals surface area contributed by atoms with Crippen LogP contribution in [0.2, 0.25) is 0 Å². The second-order valence-corrected chi connectivity index (χ2v) is 12.9. The van der Waals surface area contributed by atoms with E-state index in [1.807, 2.05) is 30.3 Å². The van der Waals surface area contributed by atoms with Gasteiger partial charge in [0.25, 0.3) is 0 Å². The van der Waals surface area contributed by atoms with Crippen LogP contribution < -0.4 is 10.4 Å². The summed E-state index contributed by atoms with van der Waals surface area (Å²) in [6, 6.07) is 8.59. The summed E-state index contributed by atoms with van der Waals surface area (Å²) in [6.07, 6.45) is 7.07. The topological polar surface area (TPSA) is 129 Å². The second kappa shape index (κ2) is 13.3. The fourth-order valence-corrected chi connectivity index (χ4v) is 6.88. The Hall–Kier alpha value is -2.78. The standard InChI is InChI=1S/C29H39N2O8P/c1-20(28(34)36-16-14-21-9-5-4-6-10-21)31-40(35)37-19-29(2,3)26(39-40)27(33)30-15-13-25(32)38-24-17-22-11-7-8-12-23(22)18-24/h4-7,9-11,20,24,26H,8,12-19H2,1-3H3,(H,30,33)(H,31,35)/t20-,24?,26-,40?/m0/s1. The van der Waals surface area contributed by atoms with Gasteiger partial charge >= 0.3 is 19.7 Å². The van der Waals surface area contributed by atoms with Gasteiger partial charge in [-0.15, -0.1) is 0 Å². The molecule has 11 heteroatoms. The van der Waals surface area contributed by atoms with E-state index in [1.54, 1.807) is 13.8 Å². The van der Waals surface area contributed by atoms with Crippen LogP contribution in [0.4, 0.5) is 0 Å². The van der Waals surface area contributed by atoms with Gasteiger partial charge in [0.2, 0.25) is 5.91 Å². The Balaban J connectivity index is 1.21. The number of amides is 1. The molecule has 1 aromatic carbocycles. The third-order valence-corrected chi connectivity index (χ3v) is 8.88. The van der Waals surface area contributed by atoms with Gasteiger partial charge < -0.3 is 14.8 Å². The molecule has 4 rings (SSSR count). The maximum atomic E-state index is 13.3. The third-order valence-electron chi connectivity index (χ3n) is 7.22. The highest BCUT2D eigenvalue weighted by Gasteiger charge is 2.49. The Labute approximate surface area is 235 Å². The van der Waals surface area contributed by atoms with Crippen LogP contribution in [0.5, 0.6) is 0 Å². The number of nitrogens with one attached hydrogen (secondary N) is 2. The normalized spacial score (nSPS) is 26.1. The van der Waals surface area contributed by atoms with Crippen molar-refractivity contribution in [1.29, 1.82) is 0 Å². The molecule has 1 heterocycles. The molecule has 1 fully saturated rings. The van der Waals surface area contributed by atoms with Crippen molar-refractivity contribution in [3.8, 4) is 0 Å². The molecule has 0 radical (unpaired) electrons. The minimum atomic E-state index is -4.00. The van der Waals surface area contributed by atoms with Crippen molar-refractivity contribution in [3.63, 3.8) is 0 Å². The molecule has 2 unspecified atom stereocenters. The molecule has 3 aliphatic rings. The number of rotatable bonds is 11. The van der Waals surface area contributed by atoms with E-state index in [4.69, 9.17) is 18.5 Å². The maximum Gasteiger partial charge on any atom is 0.407 e. The van der Waals surface area contributed by atoms with Crippen molar-refractivity contribution >= 4 is 25.6 Å². The number of ether oxygens (including phenoxy) is 2. The Kier molecular flexibility index (Phi) is 10.0.